The van der Waals surface area contributed by atoms with Crippen molar-refractivity contribution in [2.45, 2.75) is 4.90 Å². The lowest BCUT2D eigenvalue weighted by molar-refractivity contribution is 0.123. The molecule has 1 aliphatic heterocycles. The molecule has 2 aromatic carbocycles. The predicted molar refractivity (Wildman–Crippen MR) is 99.4 cm³/mol. The van der Waals surface area contributed by atoms with Gasteiger partial charge in [0.25, 0.3) is 10.0 Å². The van der Waals surface area contributed by atoms with Crippen molar-refractivity contribution >= 4 is 48.9 Å². The van der Waals surface area contributed by atoms with Gasteiger partial charge in [-0.1, -0.05) is 27.5 Å². The van der Waals surface area contributed by atoms with Gasteiger partial charge >= 0.3 is 0 Å². The highest BCUT2D eigenvalue weighted by molar-refractivity contribution is 9.10. The molecule has 1 heterocycles. The summed E-state index contributed by atoms with van der Waals surface area (Å²) >= 11 is 9.23. The molecule has 0 atom stereocenters. The van der Waals surface area contributed by atoms with Gasteiger partial charge in [0, 0.05) is 22.6 Å². The van der Waals surface area contributed by atoms with Crippen molar-refractivity contribution < 1.29 is 13.2 Å². The molecule has 1 fully saturated rings. The molecule has 0 spiro atoms. The lowest BCUT2D eigenvalue weighted by atomic mass is 10.2. The van der Waals surface area contributed by atoms with Crippen molar-refractivity contribution in [2.24, 2.45) is 0 Å². The van der Waals surface area contributed by atoms with Crippen LogP contribution >= 0.6 is 27.5 Å². The molecule has 1 saturated heterocycles. The number of hydrogen-bond acceptors (Lipinski definition) is 4. The minimum absolute atomic E-state index is 0.166. The fourth-order valence-electron chi connectivity index (χ4n) is 2.49. The molecule has 0 amide bonds. The zero-order chi connectivity index (χ0) is 17.2. The van der Waals surface area contributed by atoms with Gasteiger partial charge in [0.1, 0.15) is 0 Å². The van der Waals surface area contributed by atoms with Crippen molar-refractivity contribution in [3.63, 3.8) is 0 Å². The molecule has 8 heteroatoms. The summed E-state index contributed by atoms with van der Waals surface area (Å²) in [6.45, 7) is 2.69. The number of anilines is 2. The van der Waals surface area contributed by atoms with Crippen LogP contribution in [0.15, 0.2) is 51.8 Å². The Labute approximate surface area is 154 Å². The van der Waals surface area contributed by atoms with E-state index in [0.717, 1.165) is 23.2 Å². The summed E-state index contributed by atoms with van der Waals surface area (Å²) < 4.78 is 34.1. The Morgan fingerprint density at radius 1 is 1.08 bits per heavy atom. The van der Waals surface area contributed by atoms with E-state index in [1.54, 1.807) is 18.2 Å². The molecule has 128 valence electrons. The minimum Gasteiger partial charge on any atom is -0.378 e. The highest BCUT2D eigenvalue weighted by Gasteiger charge is 2.20. The molecular formula is C16H16BrClN2O3S. The Bertz CT molecular complexity index is 822. The molecule has 24 heavy (non-hydrogen) atoms. The van der Waals surface area contributed by atoms with E-state index in [0.29, 0.717) is 23.9 Å². The van der Waals surface area contributed by atoms with Crippen LogP contribution < -0.4 is 9.62 Å². The Morgan fingerprint density at radius 3 is 2.42 bits per heavy atom. The van der Waals surface area contributed by atoms with Crippen LogP contribution in [0.4, 0.5) is 11.4 Å². The van der Waals surface area contributed by atoms with Crippen LogP contribution in [0.2, 0.25) is 5.02 Å². The van der Waals surface area contributed by atoms with E-state index in [2.05, 4.69) is 25.6 Å². The molecule has 2 aromatic rings. The lowest BCUT2D eigenvalue weighted by Crippen LogP contribution is -2.36. The van der Waals surface area contributed by atoms with E-state index < -0.39 is 10.0 Å². The highest BCUT2D eigenvalue weighted by Crippen LogP contribution is 2.32. The van der Waals surface area contributed by atoms with Gasteiger partial charge in [0.2, 0.25) is 0 Å². The Kier molecular flexibility index (Phi) is 5.34. The van der Waals surface area contributed by atoms with Crippen LogP contribution in [-0.4, -0.2) is 34.7 Å². The lowest BCUT2D eigenvalue weighted by Gasteiger charge is -2.30. The largest absolute Gasteiger partial charge is 0.378 e. The Morgan fingerprint density at radius 2 is 1.75 bits per heavy atom. The van der Waals surface area contributed by atoms with Crippen LogP contribution in [0, 0.1) is 0 Å². The quantitative estimate of drug-likeness (QED) is 0.801. The van der Waals surface area contributed by atoms with E-state index in [1.807, 2.05) is 12.1 Å². The summed E-state index contributed by atoms with van der Waals surface area (Å²) in [6.07, 6.45) is 0. The summed E-state index contributed by atoms with van der Waals surface area (Å²) in [5, 5.41) is 0.491. The topological polar surface area (TPSA) is 58.6 Å². The molecule has 0 aromatic heterocycles. The van der Waals surface area contributed by atoms with E-state index in [4.69, 9.17) is 16.3 Å². The SMILES string of the molecule is O=S(=O)(Nc1cc(Br)ccc1N1CCOCC1)c1ccc(Cl)cc1. The number of nitrogens with zero attached hydrogens (tertiary/aromatic N) is 1. The summed E-state index contributed by atoms with van der Waals surface area (Å²) in [4.78, 5) is 2.27. The van der Waals surface area contributed by atoms with Gasteiger partial charge in [0.05, 0.1) is 29.5 Å². The van der Waals surface area contributed by atoms with Gasteiger partial charge in [-0.15, -0.1) is 0 Å². The van der Waals surface area contributed by atoms with Gasteiger partial charge in [-0.05, 0) is 42.5 Å². The maximum absolute atomic E-state index is 12.6. The first kappa shape index (κ1) is 17.5. The fraction of sp³-hybridized carbons (Fsp3) is 0.250. The number of ether oxygens (including phenoxy) is 1. The van der Waals surface area contributed by atoms with Crippen molar-refractivity contribution in [1.29, 1.82) is 0 Å². The van der Waals surface area contributed by atoms with E-state index in [9.17, 15) is 8.42 Å². The molecule has 0 saturated carbocycles. The standard InChI is InChI=1S/C16H16BrClN2O3S/c17-12-1-6-16(20-7-9-23-10-8-20)15(11-12)19-24(21,22)14-4-2-13(18)3-5-14/h1-6,11,19H,7-10H2. The number of halogens is 2. The molecule has 1 aliphatic rings. The number of hydrogen-bond donors (Lipinski definition) is 1. The zero-order valence-corrected chi connectivity index (χ0v) is 15.9. The average molecular weight is 432 g/mol. The molecule has 5 nitrogen and oxygen atoms in total. The van der Waals surface area contributed by atoms with Crippen LogP contribution in [0.5, 0.6) is 0 Å². The number of benzene rings is 2. The van der Waals surface area contributed by atoms with Crippen molar-refractivity contribution in [2.75, 3.05) is 35.9 Å². The Hall–Kier alpha value is -1.28. The molecule has 1 N–H and O–H groups in total. The first-order chi connectivity index (χ1) is 11.5. The normalized spacial score (nSPS) is 15.3. The smallest absolute Gasteiger partial charge is 0.261 e. The Balaban J connectivity index is 1.93. The molecule has 3 rings (SSSR count). The minimum atomic E-state index is -3.70. The third kappa shape index (κ3) is 4.03. The second kappa shape index (κ2) is 7.31. The van der Waals surface area contributed by atoms with Gasteiger partial charge in [0.15, 0.2) is 0 Å². The summed E-state index contributed by atoms with van der Waals surface area (Å²) in [6, 6.07) is 11.6. The third-order valence-electron chi connectivity index (χ3n) is 3.68. The number of rotatable bonds is 4. The van der Waals surface area contributed by atoms with Crippen molar-refractivity contribution in [3.05, 3.63) is 52.0 Å². The van der Waals surface area contributed by atoms with E-state index in [1.165, 1.54) is 12.1 Å². The molecule has 0 bridgehead atoms. The monoisotopic (exact) mass is 430 g/mol. The van der Waals surface area contributed by atoms with Crippen LogP contribution in [-0.2, 0) is 14.8 Å². The third-order valence-corrected chi connectivity index (χ3v) is 5.81. The predicted octanol–water partition coefficient (Wildman–Crippen LogP) is 3.74. The van der Waals surface area contributed by atoms with Gasteiger partial charge < -0.3 is 9.64 Å². The first-order valence-corrected chi connectivity index (χ1v) is 10.0. The average Bonchev–Trinajstić information content (AvgIpc) is 2.56. The summed E-state index contributed by atoms with van der Waals surface area (Å²) in [5.41, 5.74) is 1.36. The molecular weight excluding hydrogens is 416 g/mol. The maximum atomic E-state index is 12.6. The highest BCUT2D eigenvalue weighted by atomic mass is 79.9. The van der Waals surface area contributed by atoms with E-state index in [-0.39, 0.29) is 4.90 Å². The molecule has 0 unspecified atom stereocenters. The summed E-state index contributed by atoms with van der Waals surface area (Å²) in [7, 11) is -3.70. The summed E-state index contributed by atoms with van der Waals surface area (Å²) in [5.74, 6) is 0. The second-order valence-corrected chi connectivity index (χ2v) is 8.35. The number of morpholine rings is 1. The van der Waals surface area contributed by atoms with Crippen LogP contribution in [0.3, 0.4) is 0 Å². The van der Waals surface area contributed by atoms with Gasteiger partial charge in [-0.25, -0.2) is 8.42 Å². The second-order valence-electron chi connectivity index (χ2n) is 5.32. The maximum Gasteiger partial charge on any atom is 0.261 e. The van der Waals surface area contributed by atoms with Crippen molar-refractivity contribution in [3.8, 4) is 0 Å². The number of sulfonamides is 1. The molecule has 0 radical (unpaired) electrons. The zero-order valence-electron chi connectivity index (χ0n) is 12.7. The number of nitrogens with one attached hydrogen (secondary N) is 1. The van der Waals surface area contributed by atoms with Crippen molar-refractivity contribution in [1.82, 2.24) is 0 Å². The fourth-order valence-corrected chi connectivity index (χ4v) is 4.04. The molecule has 0 aliphatic carbocycles. The van der Waals surface area contributed by atoms with Crippen LogP contribution in [0.25, 0.3) is 0 Å². The first-order valence-electron chi connectivity index (χ1n) is 7.36. The van der Waals surface area contributed by atoms with Gasteiger partial charge in [-0.3, -0.25) is 4.72 Å². The van der Waals surface area contributed by atoms with Gasteiger partial charge in [-0.2, -0.15) is 0 Å². The van der Waals surface area contributed by atoms with E-state index >= 15 is 0 Å². The van der Waals surface area contributed by atoms with Crippen LogP contribution in [0.1, 0.15) is 0 Å².